The zero-order valence-corrected chi connectivity index (χ0v) is 22.9. The summed E-state index contributed by atoms with van der Waals surface area (Å²) in [6.45, 7) is 4.09. The molecule has 2 N–H and O–H groups in total. The Hall–Kier alpha value is -1.26. The highest BCUT2D eigenvalue weighted by atomic mass is 127. The van der Waals surface area contributed by atoms with E-state index in [1.54, 1.807) is 11.1 Å². The summed E-state index contributed by atoms with van der Waals surface area (Å²) in [4.78, 5) is 0. The highest BCUT2D eigenvalue weighted by molar-refractivity contribution is 14.2. The van der Waals surface area contributed by atoms with Crippen molar-refractivity contribution in [2.75, 3.05) is 6.54 Å². The summed E-state index contributed by atoms with van der Waals surface area (Å²) in [5.41, 5.74) is 4.85. The minimum Gasteiger partial charge on any atom is -0.377 e. The predicted octanol–water partition coefficient (Wildman–Crippen LogP) is 7.12. The average Bonchev–Trinajstić information content (AvgIpc) is 3.13. The van der Waals surface area contributed by atoms with Crippen LogP contribution in [0.4, 0.5) is 0 Å². The van der Waals surface area contributed by atoms with Crippen LogP contribution in [0.2, 0.25) is 0 Å². The third kappa shape index (κ3) is 4.62. The quantitative estimate of drug-likeness (QED) is 0.223. The Morgan fingerprint density at radius 1 is 1.15 bits per heavy atom. The first-order valence-electron chi connectivity index (χ1n) is 12.6. The van der Waals surface area contributed by atoms with E-state index in [-0.39, 0.29) is 5.41 Å². The van der Waals surface area contributed by atoms with E-state index >= 15 is 0 Å². The van der Waals surface area contributed by atoms with E-state index in [2.05, 4.69) is 105 Å². The molecule has 0 heterocycles. The second-order valence-corrected chi connectivity index (χ2v) is 12.2. The van der Waals surface area contributed by atoms with E-state index in [1.165, 1.54) is 32.9 Å². The van der Waals surface area contributed by atoms with E-state index in [9.17, 15) is 5.11 Å². The monoisotopic (exact) mass is 583 g/mol. The van der Waals surface area contributed by atoms with Crippen LogP contribution >= 0.6 is 30.1 Å². The van der Waals surface area contributed by atoms with Gasteiger partial charge in [0.05, 0.1) is 0 Å². The summed E-state index contributed by atoms with van der Waals surface area (Å²) in [6, 6.07) is 17.7. The fourth-order valence-corrected chi connectivity index (χ4v) is 7.66. The predicted molar refractivity (Wildman–Crippen MR) is 153 cm³/mol. The maximum absolute atomic E-state index is 11.5. The molecule has 2 saturated carbocycles. The Morgan fingerprint density at radius 2 is 2.00 bits per heavy atom. The summed E-state index contributed by atoms with van der Waals surface area (Å²) >= 11 is 2.20. The van der Waals surface area contributed by atoms with Crippen LogP contribution in [-0.4, -0.2) is 17.3 Å². The molecular weight excluding hydrogens is 549 g/mol. The first kappa shape index (κ1) is 24.4. The molecule has 2 nitrogen and oxygen atoms in total. The molecule has 0 radical (unpaired) electrons. The minimum absolute atomic E-state index is 0.0690. The number of fused-ring (bicyclic) bond motifs is 5. The second kappa shape index (κ2) is 10.4. The first-order valence-corrected chi connectivity index (χ1v) is 16.0. The topological polar surface area (TPSA) is 32.3 Å². The fourth-order valence-electron chi connectivity index (χ4n) is 7.12. The zero-order valence-electron chi connectivity index (χ0n) is 19.9. The lowest BCUT2D eigenvalue weighted by Crippen LogP contribution is -2.50. The molecule has 3 aliphatic carbocycles. The number of rotatable bonds is 5. The van der Waals surface area contributed by atoms with Gasteiger partial charge in [0.25, 0.3) is 0 Å². The number of nitrogens with one attached hydrogen (secondary N) is 1. The summed E-state index contributed by atoms with van der Waals surface area (Å²) < 4.78 is 0. The van der Waals surface area contributed by atoms with Crippen molar-refractivity contribution in [3.8, 4) is 11.2 Å². The van der Waals surface area contributed by atoms with Gasteiger partial charge in [-0.15, -0.1) is 0 Å². The van der Waals surface area contributed by atoms with Gasteiger partial charge in [-0.2, -0.15) is 0 Å². The van der Waals surface area contributed by atoms with Crippen molar-refractivity contribution >= 4 is 36.2 Å². The van der Waals surface area contributed by atoms with Crippen molar-refractivity contribution in [2.24, 2.45) is 17.3 Å². The molecule has 34 heavy (non-hydrogen) atoms. The van der Waals surface area contributed by atoms with E-state index in [1.807, 2.05) is 0 Å². The van der Waals surface area contributed by atoms with Gasteiger partial charge in [-0.1, -0.05) is 73.5 Å². The van der Waals surface area contributed by atoms with Crippen LogP contribution in [0.1, 0.15) is 67.2 Å². The third-order valence-corrected chi connectivity index (χ3v) is 9.78. The van der Waals surface area contributed by atoms with Crippen molar-refractivity contribution < 1.29 is 5.11 Å². The highest BCUT2D eigenvalue weighted by Crippen LogP contribution is 2.64. The van der Waals surface area contributed by atoms with Gasteiger partial charge in [0, 0.05) is 39.7 Å². The van der Waals surface area contributed by atoms with Crippen LogP contribution in [0.25, 0.3) is 6.08 Å². The molecule has 0 spiro atoms. The van der Waals surface area contributed by atoms with Crippen LogP contribution in [0.3, 0.4) is 0 Å². The summed E-state index contributed by atoms with van der Waals surface area (Å²) in [7, 11) is 1.49. The van der Waals surface area contributed by atoms with Crippen LogP contribution in [0, 0.1) is 28.4 Å². The number of hydrogen-bond donors (Lipinski definition) is 2. The first-order chi connectivity index (χ1) is 16.5. The molecule has 3 aliphatic rings. The normalized spacial score (nSPS) is 31.9. The van der Waals surface area contributed by atoms with Gasteiger partial charge in [-0.25, -0.2) is 0 Å². The second-order valence-electron chi connectivity index (χ2n) is 10.6. The number of hydrogen-bond acceptors (Lipinski definition) is 3. The molecule has 4 heteroatoms. The van der Waals surface area contributed by atoms with E-state index in [0.717, 1.165) is 38.8 Å². The highest BCUT2D eigenvalue weighted by Gasteiger charge is 2.61. The Kier molecular flexibility index (Phi) is 7.46. The molecule has 5 atom stereocenters. The molecular formula is C30H34INOS. The number of benzene rings is 2. The zero-order chi connectivity index (χ0) is 23.6. The van der Waals surface area contributed by atoms with E-state index < -0.39 is 5.60 Å². The lowest BCUT2D eigenvalue weighted by Gasteiger charge is -2.52. The lowest BCUT2D eigenvalue weighted by molar-refractivity contribution is -0.0647. The Bertz CT molecular complexity index is 1110. The smallest absolute Gasteiger partial charge is 0.132 e. The van der Waals surface area contributed by atoms with Crippen LogP contribution < -0.4 is 5.32 Å². The molecule has 178 valence electrons. The number of aliphatic hydroxyl groups is 1. The van der Waals surface area contributed by atoms with Crippen LogP contribution in [-0.2, 0) is 13.0 Å². The van der Waals surface area contributed by atoms with E-state index in [4.69, 9.17) is 0 Å². The number of aryl methyl sites for hydroxylation is 1. The molecule has 0 aromatic heterocycles. The van der Waals surface area contributed by atoms with Gasteiger partial charge in [0.2, 0.25) is 0 Å². The van der Waals surface area contributed by atoms with Crippen molar-refractivity contribution in [1.82, 2.24) is 5.32 Å². The maximum atomic E-state index is 11.5. The van der Waals surface area contributed by atoms with Crippen molar-refractivity contribution in [3.63, 3.8) is 0 Å². The summed E-state index contributed by atoms with van der Waals surface area (Å²) in [5, 5.41) is 18.1. The van der Waals surface area contributed by atoms with Gasteiger partial charge in [0.1, 0.15) is 5.60 Å². The van der Waals surface area contributed by atoms with Gasteiger partial charge < -0.3 is 10.4 Å². The fraction of sp³-hybridized carbons (Fsp3) is 0.467. The average molecular weight is 584 g/mol. The Balaban J connectivity index is 1.25. The molecule has 0 amide bonds. The van der Waals surface area contributed by atoms with Crippen molar-refractivity contribution in [2.45, 2.75) is 63.5 Å². The van der Waals surface area contributed by atoms with Crippen molar-refractivity contribution in [1.29, 1.82) is 0 Å². The molecule has 0 bridgehead atoms. The summed E-state index contributed by atoms with van der Waals surface area (Å²) in [6.07, 6.45) is 11.1. The maximum Gasteiger partial charge on any atom is 0.132 e. The molecule has 2 aromatic rings. The van der Waals surface area contributed by atoms with Gasteiger partial charge in [-0.3, -0.25) is 0 Å². The lowest BCUT2D eigenvalue weighted by atomic mass is 9.53. The molecule has 2 aromatic carbocycles. The van der Waals surface area contributed by atoms with E-state index in [0.29, 0.717) is 17.8 Å². The SMILES string of the molecule is C[C@]12CCC3c4ccc(/C=C/CNCc5ccccc5)cc4CC[C@H]3C1CC[C@@]2(O)C#CSI. The Labute approximate surface area is 221 Å². The largest absolute Gasteiger partial charge is 0.377 e. The molecule has 5 rings (SSSR count). The molecule has 0 aliphatic heterocycles. The van der Waals surface area contributed by atoms with Gasteiger partial charge >= 0.3 is 0 Å². The van der Waals surface area contributed by atoms with Gasteiger partial charge in [-0.05, 0) is 92.7 Å². The van der Waals surface area contributed by atoms with Crippen LogP contribution in [0.15, 0.2) is 54.6 Å². The number of halogens is 1. The standard InChI is InChI=1S/C30H34INOS/c1-29-15-13-26-25-11-9-22(8-5-18-32-21-23-6-3-2-4-7-23)20-24(25)10-12-27(26)28(29)14-16-30(29,33)17-19-34-31/h2-9,11,20,26-28,32-33H,10,12-16,18,21H2,1H3/b8-5+/t26?,27-,28?,29+,30-/m1/s1. The van der Waals surface area contributed by atoms with Crippen LogP contribution in [0.5, 0.6) is 0 Å². The summed E-state index contributed by atoms with van der Waals surface area (Å²) in [5.74, 6) is 5.15. The van der Waals surface area contributed by atoms with Gasteiger partial charge in [0.15, 0.2) is 0 Å². The molecule has 2 fully saturated rings. The minimum atomic E-state index is -0.815. The molecule has 2 unspecified atom stereocenters. The Morgan fingerprint density at radius 3 is 2.82 bits per heavy atom. The third-order valence-electron chi connectivity index (χ3n) is 8.94. The van der Waals surface area contributed by atoms with Crippen molar-refractivity contribution in [3.05, 3.63) is 76.9 Å². The molecule has 0 saturated heterocycles.